The largest absolute Gasteiger partial charge is 0.465 e. The second-order valence-corrected chi connectivity index (χ2v) is 9.00. The zero-order valence-electron chi connectivity index (χ0n) is 15.8. The summed E-state index contributed by atoms with van der Waals surface area (Å²) >= 11 is 0. The van der Waals surface area contributed by atoms with Gasteiger partial charge >= 0.3 is 5.97 Å². The molecule has 1 aliphatic carbocycles. The van der Waals surface area contributed by atoms with Crippen molar-refractivity contribution in [2.24, 2.45) is 0 Å². The number of morpholine rings is 1. The van der Waals surface area contributed by atoms with Crippen molar-refractivity contribution in [3.8, 4) is 0 Å². The maximum absolute atomic E-state index is 12.9. The SMILES string of the molecule is COC(=O)c1cccc(S(=O)(=O)NCC2(N3CCOCC3)CCCCC2)c1. The van der Waals surface area contributed by atoms with Crippen LogP contribution in [0.3, 0.4) is 0 Å². The van der Waals surface area contributed by atoms with Gasteiger partial charge in [0, 0.05) is 25.2 Å². The molecule has 0 amide bonds. The number of methoxy groups -OCH3 is 1. The molecule has 0 aromatic heterocycles. The van der Waals surface area contributed by atoms with Crippen LogP contribution in [0, 0.1) is 0 Å². The van der Waals surface area contributed by atoms with E-state index >= 15 is 0 Å². The molecule has 2 fully saturated rings. The predicted octanol–water partition coefficient (Wildman–Crippen LogP) is 1.79. The lowest BCUT2D eigenvalue weighted by atomic mass is 9.80. The Morgan fingerprint density at radius 2 is 1.93 bits per heavy atom. The minimum absolute atomic E-state index is 0.0818. The van der Waals surface area contributed by atoms with Crippen molar-refractivity contribution in [1.29, 1.82) is 0 Å². The first-order valence-corrected chi connectivity index (χ1v) is 11.0. The zero-order valence-corrected chi connectivity index (χ0v) is 16.6. The fourth-order valence-corrected chi connectivity index (χ4v) is 5.24. The lowest BCUT2D eigenvalue weighted by Crippen LogP contribution is -2.59. The lowest BCUT2D eigenvalue weighted by molar-refractivity contribution is -0.0348. The van der Waals surface area contributed by atoms with Gasteiger partial charge in [0.2, 0.25) is 10.0 Å². The number of esters is 1. The summed E-state index contributed by atoms with van der Waals surface area (Å²) in [7, 11) is -2.44. The third-order valence-electron chi connectivity index (χ3n) is 5.62. The molecule has 1 aromatic carbocycles. The smallest absolute Gasteiger partial charge is 0.337 e. The molecule has 0 atom stereocenters. The van der Waals surface area contributed by atoms with Crippen LogP contribution in [0.1, 0.15) is 42.5 Å². The minimum atomic E-state index is -3.72. The van der Waals surface area contributed by atoms with Crippen LogP contribution in [-0.2, 0) is 19.5 Å². The molecule has 1 heterocycles. The van der Waals surface area contributed by atoms with E-state index in [0.717, 1.165) is 38.8 Å². The first-order valence-electron chi connectivity index (χ1n) is 9.48. The molecule has 3 rings (SSSR count). The summed E-state index contributed by atoms with van der Waals surface area (Å²) in [5.74, 6) is -0.552. The number of rotatable bonds is 6. The van der Waals surface area contributed by atoms with Gasteiger partial charge in [0.05, 0.1) is 30.8 Å². The Labute approximate surface area is 161 Å². The van der Waals surface area contributed by atoms with Crippen LogP contribution >= 0.6 is 0 Å². The van der Waals surface area contributed by atoms with Crippen molar-refractivity contribution in [1.82, 2.24) is 9.62 Å². The van der Waals surface area contributed by atoms with Gasteiger partial charge in [-0.1, -0.05) is 25.3 Å². The van der Waals surface area contributed by atoms with Crippen molar-refractivity contribution < 1.29 is 22.7 Å². The van der Waals surface area contributed by atoms with Crippen LogP contribution in [0.4, 0.5) is 0 Å². The monoisotopic (exact) mass is 396 g/mol. The standard InChI is InChI=1S/C19H28N2O5S/c1-25-18(22)16-6-5-7-17(14-16)27(23,24)20-15-19(8-3-2-4-9-19)21-10-12-26-13-11-21/h5-7,14,20H,2-4,8-13,15H2,1H3. The second-order valence-electron chi connectivity index (χ2n) is 7.23. The van der Waals surface area contributed by atoms with E-state index in [1.165, 1.54) is 25.7 Å². The predicted molar refractivity (Wildman–Crippen MR) is 101 cm³/mol. The molecule has 0 radical (unpaired) electrons. The van der Waals surface area contributed by atoms with E-state index in [1.807, 2.05) is 0 Å². The molecule has 27 heavy (non-hydrogen) atoms. The topological polar surface area (TPSA) is 84.9 Å². The molecule has 7 nitrogen and oxygen atoms in total. The van der Waals surface area contributed by atoms with Gasteiger partial charge < -0.3 is 9.47 Å². The van der Waals surface area contributed by atoms with Crippen LogP contribution in [0.25, 0.3) is 0 Å². The number of hydrogen-bond donors (Lipinski definition) is 1. The first kappa shape index (κ1) is 20.3. The van der Waals surface area contributed by atoms with E-state index in [1.54, 1.807) is 12.1 Å². The van der Waals surface area contributed by atoms with Gasteiger partial charge in [-0.3, -0.25) is 4.90 Å². The van der Waals surface area contributed by atoms with Crippen LogP contribution < -0.4 is 4.72 Å². The summed E-state index contributed by atoms with van der Waals surface area (Å²) in [4.78, 5) is 14.2. The number of ether oxygens (including phenoxy) is 2. The quantitative estimate of drug-likeness (QED) is 0.738. The average Bonchev–Trinajstić information content (AvgIpc) is 2.73. The van der Waals surface area contributed by atoms with Crippen molar-refractivity contribution in [2.45, 2.75) is 42.5 Å². The summed E-state index contributed by atoms with van der Waals surface area (Å²) in [6, 6.07) is 5.95. The van der Waals surface area contributed by atoms with E-state index in [4.69, 9.17) is 4.74 Å². The number of carbonyl (C=O) groups excluding carboxylic acids is 1. The Balaban J connectivity index is 1.77. The molecule has 1 saturated heterocycles. The van der Waals surface area contributed by atoms with E-state index in [0.29, 0.717) is 19.8 Å². The molecule has 8 heteroatoms. The fourth-order valence-electron chi connectivity index (χ4n) is 4.07. The third-order valence-corrected chi connectivity index (χ3v) is 7.02. The average molecular weight is 397 g/mol. The van der Waals surface area contributed by atoms with E-state index in [2.05, 4.69) is 14.4 Å². The van der Waals surface area contributed by atoms with Crippen molar-refractivity contribution in [2.75, 3.05) is 40.0 Å². The van der Waals surface area contributed by atoms with Gasteiger partial charge in [-0.25, -0.2) is 17.9 Å². The maximum Gasteiger partial charge on any atom is 0.337 e. The van der Waals surface area contributed by atoms with Gasteiger partial charge in [-0.05, 0) is 31.0 Å². The van der Waals surface area contributed by atoms with Gasteiger partial charge in [0.1, 0.15) is 0 Å². The number of nitrogens with zero attached hydrogens (tertiary/aromatic N) is 1. The molecular formula is C19H28N2O5S. The Morgan fingerprint density at radius 3 is 2.59 bits per heavy atom. The highest BCUT2D eigenvalue weighted by molar-refractivity contribution is 7.89. The van der Waals surface area contributed by atoms with E-state index < -0.39 is 16.0 Å². The highest BCUT2D eigenvalue weighted by Crippen LogP contribution is 2.34. The number of nitrogens with one attached hydrogen (secondary N) is 1. The molecule has 0 bridgehead atoms. The Bertz CT molecular complexity index is 753. The molecule has 1 aromatic rings. The first-order chi connectivity index (χ1) is 13.0. The van der Waals surface area contributed by atoms with Gasteiger partial charge in [-0.15, -0.1) is 0 Å². The lowest BCUT2D eigenvalue weighted by Gasteiger charge is -2.48. The molecule has 0 spiro atoms. The van der Waals surface area contributed by atoms with E-state index in [-0.39, 0.29) is 16.0 Å². The summed E-state index contributed by atoms with van der Waals surface area (Å²) in [6.07, 6.45) is 5.38. The number of carbonyl (C=O) groups is 1. The van der Waals surface area contributed by atoms with E-state index in [9.17, 15) is 13.2 Å². The van der Waals surface area contributed by atoms with Crippen molar-refractivity contribution >= 4 is 16.0 Å². The van der Waals surface area contributed by atoms with Crippen LogP contribution in [0.5, 0.6) is 0 Å². The van der Waals surface area contributed by atoms with Gasteiger partial charge in [-0.2, -0.15) is 0 Å². The Kier molecular flexibility index (Phi) is 6.52. The molecule has 1 saturated carbocycles. The van der Waals surface area contributed by atoms with Crippen LogP contribution in [0.15, 0.2) is 29.2 Å². The van der Waals surface area contributed by atoms with Crippen LogP contribution in [-0.4, -0.2) is 64.8 Å². The number of sulfonamides is 1. The zero-order chi connectivity index (χ0) is 19.3. The second kappa shape index (κ2) is 8.68. The maximum atomic E-state index is 12.9. The summed E-state index contributed by atoms with van der Waals surface area (Å²) < 4.78 is 38.7. The van der Waals surface area contributed by atoms with Gasteiger partial charge in [0.25, 0.3) is 0 Å². The molecule has 0 unspecified atom stereocenters. The molecule has 150 valence electrons. The Hall–Kier alpha value is -1.48. The van der Waals surface area contributed by atoms with Crippen LogP contribution in [0.2, 0.25) is 0 Å². The third kappa shape index (κ3) is 4.68. The molecule has 1 N–H and O–H groups in total. The number of hydrogen-bond acceptors (Lipinski definition) is 6. The summed E-state index contributed by atoms with van der Waals surface area (Å²) in [5, 5.41) is 0. The molecule has 1 aliphatic heterocycles. The normalized spacial score (nSPS) is 20.9. The minimum Gasteiger partial charge on any atom is -0.465 e. The fraction of sp³-hybridized carbons (Fsp3) is 0.632. The molecular weight excluding hydrogens is 368 g/mol. The summed E-state index contributed by atoms with van der Waals surface area (Å²) in [5.41, 5.74) is 0.0654. The van der Waals surface area contributed by atoms with Crippen molar-refractivity contribution in [3.05, 3.63) is 29.8 Å². The highest BCUT2D eigenvalue weighted by atomic mass is 32.2. The van der Waals surface area contributed by atoms with Gasteiger partial charge in [0.15, 0.2) is 0 Å². The molecule has 2 aliphatic rings. The highest BCUT2D eigenvalue weighted by Gasteiger charge is 2.39. The summed E-state index contributed by atoms with van der Waals surface area (Å²) in [6.45, 7) is 3.42. The number of benzene rings is 1. The Morgan fingerprint density at radius 1 is 1.22 bits per heavy atom. The van der Waals surface area contributed by atoms with Crippen molar-refractivity contribution in [3.63, 3.8) is 0 Å².